The van der Waals surface area contributed by atoms with E-state index in [9.17, 15) is 4.79 Å². The van der Waals surface area contributed by atoms with Gasteiger partial charge in [-0.25, -0.2) is 4.98 Å². The molecule has 0 saturated carbocycles. The molecule has 6 heteroatoms. The van der Waals surface area contributed by atoms with E-state index in [1.54, 1.807) is 6.20 Å². The molecule has 3 aromatic rings. The van der Waals surface area contributed by atoms with Crippen LogP contribution >= 0.6 is 0 Å². The second-order valence-electron chi connectivity index (χ2n) is 8.46. The van der Waals surface area contributed by atoms with Gasteiger partial charge >= 0.3 is 0 Å². The maximum Gasteiger partial charge on any atom is 0.228 e. The third kappa shape index (κ3) is 4.65. The van der Waals surface area contributed by atoms with Crippen molar-refractivity contribution >= 4 is 22.6 Å². The number of nitrogens with one attached hydrogen (secondary N) is 1. The van der Waals surface area contributed by atoms with Crippen molar-refractivity contribution in [2.24, 2.45) is 18.9 Å². The van der Waals surface area contributed by atoms with Crippen molar-refractivity contribution in [2.45, 2.75) is 26.7 Å². The van der Waals surface area contributed by atoms with E-state index in [1.165, 1.54) is 0 Å². The van der Waals surface area contributed by atoms with Gasteiger partial charge in [0.15, 0.2) is 0 Å². The zero-order valence-corrected chi connectivity index (χ0v) is 17.4. The van der Waals surface area contributed by atoms with Crippen LogP contribution in [0, 0.1) is 11.8 Å². The fourth-order valence-electron chi connectivity index (χ4n) is 4.13. The lowest BCUT2D eigenvalue weighted by Crippen LogP contribution is -2.39. The van der Waals surface area contributed by atoms with Crippen molar-refractivity contribution in [3.8, 4) is 11.1 Å². The van der Waals surface area contributed by atoms with Gasteiger partial charge in [-0.2, -0.15) is 5.10 Å². The van der Waals surface area contributed by atoms with Gasteiger partial charge in [0.1, 0.15) is 5.82 Å². The average Bonchev–Trinajstić information content (AvgIpc) is 3.07. The maximum atomic E-state index is 12.7. The van der Waals surface area contributed by atoms with E-state index in [2.05, 4.69) is 46.3 Å². The van der Waals surface area contributed by atoms with Crippen LogP contribution in [-0.4, -0.2) is 45.2 Å². The molecule has 152 valence electrons. The Morgan fingerprint density at radius 3 is 2.69 bits per heavy atom. The summed E-state index contributed by atoms with van der Waals surface area (Å²) in [6.45, 7) is 7.58. The second kappa shape index (κ2) is 8.33. The molecule has 0 spiro atoms. The minimum atomic E-state index is 0.0654. The second-order valence-corrected chi connectivity index (χ2v) is 8.46. The Morgan fingerprint density at radius 1 is 1.17 bits per heavy atom. The number of aromatic nitrogens is 3. The monoisotopic (exact) mass is 391 g/mol. The number of rotatable bonds is 5. The van der Waals surface area contributed by atoms with E-state index in [0.717, 1.165) is 54.5 Å². The molecule has 1 aromatic carbocycles. The molecule has 1 N–H and O–H groups in total. The van der Waals surface area contributed by atoms with Crippen molar-refractivity contribution in [3.63, 3.8) is 0 Å². The molecule has 1 amide bonds. The molecule has 29 heavy (non-hydrogen) atoms. The highest BCUT2D eigenvalue weighted by Crippen LogP contribution is 2.26. The predicted molar refractivity (Wildman–Crippen MR) is 117 cm³/mol. The largest absolute Gasteiger partial charge is 0.310 e. The van der Waals surface area contributed by atoms with Crippen molar-refractivity contribution in [3.05, 3.63) is 42.7 Å². The summed E-state index contributed by atoms with van der Waals surface area (Å²) in [6, 6.07) is 10.1. The van der Waals surface area contributed by atoms with Crippen LogP contribution in [0.15, 0.2) is 42.7 Å². The van der Waals surface area contributed by atoms with E-state index >= 15 is 0 Å². The smallest absolute Gasteiger partial charge is 0.228 e. The van der Waals surface area contributed by atoms with Gasteiger partial charge in [-0.15, -0.1) is 0 Å². The van der Waals surface area contributed by atoms with Gasteiger partial charge in [0, 0.05) is 37.3 Å². The number of benzene rings is 1. The summed E-state index contributed by atoms with van der Waals surface area (Å²) in [4.78, 5) is 19.6. The highest BCUT2D eigenvalue weighted by atomic mass is 16.1. The summed E-state index contributed by atoms with van der Waals surface area (Å²) < 4.78 is 1.82. The van der Waals surface area contributed by atoms with Crippen LogP contribution in [0.2, 0.25) is 0 Å². The first kappa shape index (κ1) is 19.6. The van der Waals surface area contributed by atoms with Crippen LogP contribution < -0.4 is 5.32 Å². The standard InChI is InChI=1S/C23H29N5O/c1-16(2)14-28-10-7-17(8-11-28)23(29)25-22-13-19(6-9-24-22)18-4-5-21-20(12-18)15-27(3)26-21/h4-6,9,12-13,15-17H,7-8,10-11,14H2,1-3H3,(H,24,25,29). The highest BCUT2D eigenvalue weighted by molar-refractivity contribution is 5.92. The first-order valence-electron chi connectivity index (χ1n) is 10.4. The first-order chi connectivity index (χ1) is 14.0. The molecule has 0 bridgehead atoms. The van der Waals surface area contributed by atoms with Crippen molar-refractivity contribution in [1.82, 2.24) is 19.7 Å². The predicted octanol–water partition coefficient (Wildman–Crippen LogP) is 3.94. The number of carbonyl (C=O) groups excluding carboxylic acids is 1. The first-order valence-corrected chi connectivity index (χ1v) is 10.4. The van der Waals surface area contributed by atoms with E-state index < -0.39 is 0 Å². The molecule has 1 saturated heterocycles. The summed E-state index contributed by atoms with van der Waals surface area (Å²) in [5.41, 5.74) is 3.10. The Bertz CT molecular complexity index is 1000. The molecule has 0 unspecified atom stereocenters. The number of pyridine rings is 1. The zero-order valence-electron chi connectivity index (χ0n) is 17.4. The van der Waals surface area contributed by atoms with E-state index in [0.29, 0.717) is 11.7 Å². The van der Waals surface area contributed by atoms with Gasteiger partial charge in [0.05, 0.1) is 5.52 Å². The quantitative estimate of drug-likeness (QED) is 0.715. The van der Waals surface area contributed by atoms with Crippen LogP contribution in [0.3, 0.4) is 0 Å². The molecule has 3 heterocycles. The molecule has 6 nitrogen and oxygen atoms in total. The van der Waals surface area contributed by atoms with Crippen molar-refractivity contribution in [1.29, 1.82) is 0 Å². The molecule has 1 fully saturated rings. The van der Waals surface area contributed by atoms with Crippen LogP contribution in [0.1, 0.15) is 26.7 Å². The number of fused-ring (bicyclic) bond motifs is 1. The maximum absolute atomic E-state index is 12.7. The van der Waals surface area contributed by atoms with Gasteiger partial charge in [0.2, 0.25) is 5.91 Å². The average molecular weight is 392 g/mol. The van der Waals surface area contributed by atoms with Gasteiger partial charge in [-0.3, -0.25) is 9.48 Å². The van der Waals surface area contributed by atoms with Gasteiger partial charge in [-0.05, 0) is 67.2 Å². The minimum absolute atomic E-state index is 0.0654. The summed E-state index contributed by atoms with van der Waals surface area (Å²) >= 11 is 0. The number of amides is 1. The molecule has 0 aliphatic carbocycles. The van der Waals surface area contributed by atoms with Crippen molar-refractivity contribution in [2.75, 3.05) is 25.0 Å². The molecule has 2 aromatic heterocycles. The normalized spacial score (nSPS) is 15.9. The summed E-state index contributed by atoms with van der Waals surface area (Å²) in [7, 11) is 1.92. The third-order valence-electron chi connectivity index (χ3n) is 5.55. The highest BCUT2D eigenvalue weighted by Gasteiger charge is 2.25. The zero-order chi connectivity index (χ0) is 20.4. The summed E-state index contributed by atoms with van der Waals surface area (Å²) in [5, 5.41) is 8.55. The lowest BCUT2D eigenvalue weighted by atomic mass is 9.95. The third-order valence-corrected chi connectivity index (χ3v) is 5.55. The van der Waals surface area contributed by atoms with E-state index in [1.807, 2.05) is 36.1 Å². The number of hydrogen-bond acceptors (Lipinski definition) is 4. The molecule has 0 atom stereocenters. The number of carbonyl (C=O) groups is 1. The van der Waals surface area contributed by atoms with E-state index in [4.69, 9.17) is 0 Å². The Morgan fingerprint density at radius 2 is 1.93 bits per heavy atom. The van der Waals surface area contributed by atoms with Crippen molar-refractivity contribution < 1.29 is 4.79 Å². The molecular weight excluding hydrogens is 362 g/mol. The Balaban J connectivity index is 1.42. The fraction of sp³-hybridized carbons (Fsp3) is 0.435. The Hall–Kier alpha value is -2.73. The molecule has 4 rings (SSSR count). The molecule has 1 aliphatic heterocycles. The SMILES string of the molecule is CC(C)CN1CCC(C(=O)Nc2cc(-c3ccc4nn(C)cc4c3)ccn2)CC1. The van der Waals surface area contributed by atoms with Gasteiger partial charge in [0.25, 0.3) is 0 Å². The van der Waals surface area contributed by atoms with Crippen LogP contribution in [0.25, 0.3) is 22.0 Å². The van der Waals surface area contributed by atoms with Crippen LogP contribution in [0.4, 0.5) is 5.82 Å². The number of likely N-dealkylation sites (tertiary alicyclic amines) is 1. The van der Waals surface area contributed by atoms with Crippen LogP contribution in [-0.2, 0) is 11.8 Å². The summed E-state index contributed by atoms with van der Waals surface area (Å²) in [6.07, 6.45) is 5.59. The number of anilines is 1. The number of nitrogens with zero attached hydrogens (tertiary/aromatic N) is 4. The minimum Gasteiger partial charge on any atom is -0.310 e. The topological polar surface area (TPSA) is 63.1 Å². The van der Waals surface area contributed by atoms with Crippen LogP contribution in [0.5, 0.6) is 0 Å². The Labute approximate surface area is 171 Å². The van der Waals surface area contributed by atoms with E-state index in [-0.39, 0.29) is 11.8 Å². The lowest BCUT2D eigenvalue weighted by Gasteiger charge is -2.32. The lowest BCUT2D eigenvalue weighted by molar-refractivity contribution is -0.121. The molecular formula is C23H29N5O. The summed E-state index contributed by atoms with van der Waals surface area (Å²) in [5.74, 6) is 1.43. The number of aryl methyl sites for hydroxylation is 1. The molecule has 1 aliphatic rings. The van der Waals surface area contributed by atoms with Gasteiger partial charge < -0.3 is 10.2 Å². The number of piperidine rings is 1. The van der Waals surface area contributed by atoms with Gasteiger partial charge in [-0.1, -0.05) is 19.9 Å². The Kier molecular flexibility index (Phi) is 5.62. The fourth-order valence-corrected chi connectivity index (χ4v) is 4.13. The number of hydrogen-bond donors (Lipinski definition) is 1. The molecule has 0 radical (unpaired) electrons.